The Morgan fingerprint density at radius 3 is 2.07 bits per heavy atom. The van der Waals surface area contributed by atoms with E-state index in [1.807, 2.05) is 12.1 Å². The highest BCUT2D eigenvalue weighted by Crippen LogP contribution is 2.31. The van der Waals surface area contributed by atoms with Gasteiger partial charge in [0.05, 0.1) is 18.7 Å². The Morgan fingerprint density at radius 1 is 1.04 bits per heavy atom. The molecule has 0 aromatic heterocycles. The summed E-state index contributed by atoms with van der Waals surface area (Å²) in [4.78, 5) is 12.8. The fourth-order valence-electron chi connectivity index (χ4n) is 3.36. The van der Waals surface area contributed by atoms with Crippen LogP contribution in [0.1, 0.15) is 35.6 Å². The molecule has 2 N–H and O–H groups in total. The second-order valence-electron chi connectivity index (χ2n) is 6.86. The van der Waals surface area contributed by atoms with E-state index in [1.54, 1.807) is 19.2 Å². The van der Waals surface area contributed by atoms with Crippen LogP contribution in [0.4, 0.5) is 13.2 Å². The summed E-state index contributed by atoms with van der Waals surface area (Å²) in [5.41, 5.74) is 0.665. The normalized spacial score (nSPS) is 16.4. The number of alkyl halides is 3. The number of carbonyl (C=O) groups excluding carboxylic acids is 1. The van der Waals surface area contributed by atoms with E-state index in [-0.39, 0.29) is 11.8 Å². The van der Waals surface area contributed by atoms with Crippen LogP contribution in [0.25, 0.3) is 0 Å². The van der Waals surface area contributed by atoms with E-state index < -0.39 is 17.8 Å². The molecule has 28 heavy (non-hydrogen) atoms. The van der Waals surface area contributed by atoms with Crippen molar-refractivity contribution in [3.63, 3.8) is 0 Å². The molecule has 1 unspecified atom stereocenters. The minimum absolute atomic E-state index is 0.0813. The fraction of sp³-hybridized carbons (Fsp3) is 0.381. The maximum Gasteiger partial charge on any atom is 0.416 e. The number of ether oxygens (including phenoxy) is 1. The molecule has 7 heteroatoms. The topological polar surface area (TPSA) is 50.4 Å². The van der Waals surface area contributed by atoms with E-state index in [0.717, 1.165) is 43.6 Å². The molecule has 0 spiro atoms. The number of benzene rings is 2. The van der Waals surface area contributed by atoms with Crippen molar-refractivity contribution in [1.82, 2.24) is 10.6 Å². The summed E-state index contributed by atoms with van der Waals surface area (Å²) in [5.74, 6) is 0.485. The monoisotopic (exact) mass is 392 g/mol. The molecule has 0 radical (unpaired) electrons. The molecule has 3 rings (SSSR count). The Bertz CT molecular complexity index is 783. The van der Waals surface area contributed by atoms with Crippen molar-refractivity contribution in [1.29, 1.82) is 0 Å². The summed E-state index contributed by atoms with van der Waals surface area (Å²) in [6, 6.07) is 11.5. The Kier molecular flexibility index (Phi) is 6.24. The van der Waals surface area contributed by atoms with Crippen molar-refractivity contribution in [2.45, 2.75) is 25.1 Å². The van der Waals surface area contributed by atoms with Crippen molar-refractivity contribution in [2.24, 2.45) is 5.92 Å². The number of methoxy groups -OCH3 is 1. The van der Waals surface area contributed by atoms with E-state index in [9.17, 15) is 18.0 Å². The number of rotatable bonds is 5. The summed E-state index contributed by atoms with van der Waals surface area (Å²) >= 11 is 0. The van der Waals surface area contributed by atoms with Gasteiger partial charge in [-0.05, 0) is 61.3 Å². The van der Waals surface area contributed by atoms with Crippen molar-refractivity contribution >= 4 is 5.91 Å². The number of nitrogens with one attached hydrogen (secondary N) is 2. The van der Waals surface area contributed by atoms with E-state index >= 15 is 0 Å². The van der Waals surface area contributed by atoms with Gasteiger partial charge in [0.15, 0.2) is 0 Å². The van der Waals surface area contributed by atoms with E-state index in [4.69, 9.17) is 4.74 Å². The van der Waals surface area contributed by atoms with Crippen molar-refractivity contribution < 1.29 is 22.7 Å². The minimum atomic E-state index is -4.40. The quantitative estimate of drug-likeness (QED) is 0.811. The average Bonchev–Trinajstić information content (AvgIpc) is 2.72. The molecule has 150 valence electrons. The SMILES string of the molecule is COc1ccc(C(NC(=O)C2CCNCC2)c2ccc(C(F)(F)F)cc2)cc1. The summed E-state index contributed by atoms with van der Waals surface area (Å²) in [6.45, 7) is 1.57. The second-order valence-corrected chi connectivity index (χ2v) is 6.86. The van der Waals surface area contributed by atoms with Gasteiger partial charge in [0, 0.05) is 5.92 Å². The molecule has 1 atom stereocenters. The predicted octanol–water partition coefficient (Wildman–Crippen LogP) is 3.92. The van der Waals surface area contributed by atoms with Gasteiger partial charge < -0.3 is 15.4 Å². The molecule has 4 nitrogen and oxygen atoms in total. The van der Waals surface area contributed by atoms with Crippen LogP contribution in [0.3, 0.4) is 0 Å². The highest BCUT2D eigenvalue weighted by atomic mass is 19.4. The third kappa shape index (κ3) is 4.84. The van der Waals surface area contributed by atoms with Crippen LogP contribution >= 0.6 is 0 Å². The van der Waals surface area contributed by atoms with E-state index in [1.165, 1.54) is 12.1 Å². The molecule has 0 aliphatic carbocycles. The van der Waals surface area contributed by atoms with Crippen LogP contribution in [-0.4, -0.2) is 26.1 Å². The lowest BCUT2D eigenvalue weighted by molar-refractivity contribution is -0.137. The Labute approximate surface area is 162 Å². The number of piperidine rings is 1. The minimum Gasteiger partial charge on any atom is -0.497 e. The molecule has 1 fully saturated rings. The van der Waals surface area contributed by atoms with Gasteiger partial charge in [-0.25, -0.2) is 0 Å². The first kappa shape index (κ1) is 20.2. The lowest BCUT2D eigenvalue weighted by Gasteiger charge is -2.26. The second kappa shape index (κ2) is 8.65. The molecule has 1 heterocycles. The molecule has 1 amide bonds. The number of hydrogen-bond donors (Lipinski definition) is 2. The summed E-state index contributed by atoms with van der Waals surface area (Å²) in [5, 5.41) is 6.25. The summed E-state index contributed by atoms with van der Waals surface area (Å²) < 4.78 is 43.8. The van der Waals surface area contributed by atoms with Gasteiger partial charge in [-0.1, -0.05) is 24.3 Å². The van der Waals surface area contributed by atoms with Gasteiger partial charge in [0.1, 0.15) is 5.75 Å². The van der Waals surface area contributed by atoms with Crippen molar-refractivity contribution in [3.8, 4) is 5.75 Å². The summed E-state index contributed by atoms with van der Waals surface area (Å²) in [6.07, 6.45) is -2.91. The van der Waals surface area contributed by atoms with Crippen LogP contribution in [0.2, 0.25) is 0 Å². The molecular formula is C21H23F3N2O2. The van der Waals surface area contributed by atoms with Crippen molar-refractivity contribution in [2.75, 3.05) is 20.2 Å². The molecular weight excluding hydrogens is 369 g/mol. The number of hydrogen-bond acceptors (Lipinski definition) is 3. The predicted molar refractivity (Wildman–Crippen MR) is 100 cm³/mol. The van der Waals surface area contributed by atoms with Gasteiger partial charge >= 0.3 is 6.18 Å². The zero-order valence-electron chi connectivity index (χ0n) is 15.6. The Balaban J connectivity index is 1.88. The van der Waals surface area contributed by atoms with Crippen LogP contribution < -0.4 is 15.4 Å². The van der Waals surface area contributed by atoms with Crippen LogP contribution in [0.5, 0.6) is 5.75 Å². The molecule has 2 aromatic carbocycles. The molecule has 1 saturated heterocycles. The molecule has 0 bridgehead atoms. The zero-order valence-corrected chi connectivity index (χ0v) is 15.6. The third-order valence-corrected chi connectivity index (χ3v) is 5.02. The number of halogens is 3. The third-order valence-electron chi connectivity index (χ3n) is 5.02. The van der Waals surface area contributed by atoms with E-state index in [0.29, 0.717) is 11.3 Å². The van der Waals surface area contributed by atoms with Gasteiger partial charge in [0.2, 0.25) is 5.91 Å². The van der Waals surface area contributed by atoms with Crippen LogP contribution in [0.15, 0.2) is 48.5 Å². The number of amides is 1. The largest absolute Gasteiger partial charge is 0.497 e. The number of carbonyl (C=O) groups is 1. The van der Waals surface area contributed by atoms with Crippen LogP contribution in [-0.2, 0) is 11.0 Å². The Hall–Kier alpha value is -2.54. The average molecular weight is 392 g/mol. The Morgan fingerprint density at radius 2 is 1.57 bits per heavy atom. The standard InChI is InChI=1S/C21H23F3N2O2/c1-28-18-8-4-15(5-9-18)19(26-20(27)16-10-12-25-13-11-16)14-2-6-17(7-3-14)21(22,23)24/h2-9,16,19,25H,10-13H2,1H3,(H,26,27). The first-order valence-electron chi connectivity index (χ1n) is 9.20. The molecule has 1 aliphatic heterocycles. The molecule has 1 aliphatic rings. The van der Waals surface area contributed by atoms with Gasteiger partial charge in [-0.2, -0.15) is 13.2 Å². The fourth-order valence-corrected chi connectivity index (χ4v) is 3.36. The molecule has 2 aromatic rings. The lowest BCUT2D eigenvalue weighted by Crippen LogP contribution is -2.40. The van der Waals surface area contributed by atoms with Gasteiger partial charge in [-0.15, -0.1) is 0 Å². The highest BCUT2D eigenvalue weighted by molar-refractivity contribution is 5.79. The first-order valence-corrected chi connectivity index (χ1v) is 9.20. The molecule has 0 saturated carbocycles. The van der Waals surface area contributed by atoms with Crippen molar-refractivity contribution in [3.05, 3.63) is 65.2 Å². The van der Waals surface area contributed by atoms with E-state index in [2.05, 4.69) is 10.6 Å². The lowest BCUT2D eigenvalue weighted by atomic mass is 9.93. The maximum atomic E-state index is 12.9. The zero-order chi connectivity index (χ0) is 20.1. The van der Waals surface area contributed by atoms with Gasteiger partial charge in [-0.3, -0.25) is 4.79 Å². The smallest absolute Gasteiger partial charge is 0.416 e. The van der Waals surface area contributed by atoms with Crippen LogP contribution in [0, 0.1) is 5.92 Å². The summed E-state index contributed by atoms with van der Waals surface area (Å²) in [7, 11) is 1.56. The maximum absolute atomic E-state index is 12.9. The first-order chi connectivity index (χ1) is 13.4. The van der Waals surface area contributed by atoms with Gasteiger partial charge in [0.25, 0.3) is 0 Å². The highest BCUT2D eigenvalue weighted by Gasteiger charge is 2.31.